The van der Waals surface area contributed by atoms with Gasteiger partial charge in [0.15, 0.2) is 14.1 Å². The smallest absolute Gasteiger partial charge is 0.262 e. The summed E-state index contributed by atoms with van der Waals surface area (Å²) in [5.74, 6) is -0.851. The van der Waals surface area contributed by atoms with Crippen molar-refractivity contribution < 1.29 is 36.4 Å². The fourth-order valence-electron chi connectivity index (χ4n) is 3.43. The Morgan fingerprint density at radius 3 is 2.62 bits per heavy atom. The molecule has 0 bridgehead atoms. The van der Waals surface area contributed by atoms with Gasteiger partial charge >= 0.3 is 0 Å². The van der Waals surface area contributed by atoms with E-state index >= 15 is 0 Å². The zero-order valence-corrected chi connectivity index (χ0v) is 23.0. The number of nitriles is 2. The molecule has 15 heteroatoms. The number of nitrogens with one attached hydrogen (secondary N) is 2. The first-order chi connectivity index (χ1) is 18.6. The Hall–Kier alpha value is -3.54. The number of nitrogens with zero attached hydrogens (tertiary/aromatic N) is 3. The second kappa shape index (κ2) is 13.5. The van der Waals surface area contributed by atoms with Gasteiger partial charge in [-0.1, -0.05) is 0 Å². The SMILES string of the molecule is [C-]#[N+]CC[NH+](CCC#N)CCOc1ccc2sc(S(=O)(=O)NCP(=O)([O-])Oc3ccc(C#N)c(F)c3)cc2c1. The predicted molar refractivity (Wildman–Crippen MR) is 139 cm³/mol. The monoisotopic (exact) mass is 591 g/mol. The third-order valence-corrected chi connectivity index (χ3v) is 9.61. The number of hydrogen-bond donors (Lipinski definition) is 2. The van der Waals surface area contributed by atoms with Crippen LogP contribution in [-0.2, 0) is 14.6 Å². The minimum absolute atomic E-state index is 0.120. The maximum Gasteiger partial charge on any atom is 0.262 e. The van der Waals surface area contributed by atoms with Gasteiger partial charge in [-0.3, -0.25) is 4.57 Å². The Labute approximate surface area is 229 Å². The fourth-order valence-corrected chi connectivity index (χ4v) is 7.32. The largest absolute Gasteiger partial charge is 0.768 e. The van der Waals surface area contributed by atoms with Gasteiger partial charge in [0.25, 0.3) is 16.6 Å². The Bertz CT molecular complexity index is 1590. The molecule has 0 radical (unpaired) electrons. The van der Waals surface area contributed by atoms with Crippen molar-refractivity contribution in [1.29, 1.82) is 10.5 Å². The first kappa shape index (κ1) is 30.0. The summed E-state index contributed by atoms with van der Waals surface area (Å²) < 4.78 is 64.5. The lowest BCUT2D eigenvalue weighted by Crippen LogP contribution is -3.13. The number of ether oxygens (including phenoxy) is 1. The van der Waals surface area contributed by atoms with Crippen molar-refractivity contribution in [3.8, 4) is 23.6 Å². The van der Waals surface area contributed by atoms with Crippen molar-refractivity contribution in [2.24, 2.45) is 0 Å². The quantitative estimate of drug-likeness (QED) is 0.212. The van der Waals surface area contributed by atoms with Crippen LogP contribution in [0.15, 0.2) is 46.7 Å². The Morgan fingerprint density at radius 2 is 1.92 bits per heavy atom. The van der Waals surface area contributed by atoms with Crippen molar-refractivity contribution in [3.05, 3.63) is 65.3 Å². The molecule has 2 unspecified atom stereocenters. The Kier molecular flexibility index (Phi) is 10.4. The number of quaternary nitrogens is 1. The molecule has 0 fully saturated rings. The van der Waals surface area contributed by atoms with Crippen LogP contribution in [0.3, 0.4) is 0 Å². The van der Waals surface area contributed by atoms with E-state index in [0.717, 1.165) is 34.4 Å². The molecule has 0 spiro atoms. The van der Waals surface area contributed by atoms with Crippen molar-refractivity contribution in [1.82, 2.24) is 4.72 Å². The van der Waals surface area contributed by atoms with Crippen molar-refractivity contribution in [2.45, 2.75) is 10.6 Å². The number of rotatable bonds is 14. The van der Waals surface area contributed by atoms with Gasteiger partial charge in [-0.05, 0) is 41.8 Å². The van der Waals surface area contributed by atoms with Crippen LogP contribution in [0.4, 0.5) is 4.39 Å². The molecular weight excluding hydrogens is 568 g/mol. The molecule has 0 aliphatic carbocycles. The highest BCUT2D eigenvalue weighted by atomic mass is 32.2. The van der Waals surface area contributed by atoms with Crippen LogP contribution in [0.2, 0.25) is 0 Å². The molecule has 0 aliphatic heterocycles. The zero-order chi connectivity index (χ0) is 28.5. The number of hydrogen-bond acceptors (Lipinski definition) is 9. The minimum atomic E-state index is -4.79. The summed E-state index contributed by atoms with van der Waals surface area (Å²) in [4.78, 5) is 16.7. The molecule has 0 saturated heterocycles. The third kappa shape index (κ3) is 8.74. The first-order valence-electron chi connectivity index (χ1n) is 11.5. The Morgan fingerprint density at radius 1 is 1.15 bits per heavy atom. The number of halogens is 1. The summed E-state index contributed by atoms with van der Waals surface area (Å²) in [5, 5.41) is 18.1. The maximum atomic E-state index is 13.7. The van der Waals surface area contributed by atoms with Gasteiger partial charge in [-0.15, -0.1) is 11.3 Å². The van der Waals surface area contributed by atoms with Crippen LogP contribution in [-0.4, -0.2) is 47.5 Å². The van der Waals surface area contributed by atoms with Gasteiger partial charge in [0.1, 0.15) is 40.7 Å². The summed E-state index contributed by atoms with van der Waals surface area (Å²) >= 11 is 0.939. The van der Waals surface area contributed by atoms with E-state index in [2.05, 4.69) is 10.9 Å². The number of benzene rings is 2. The number of fused-ring (bicyclic) bond motifs is 1. The summed E-state index contributed by atoms with van der Waals surface area (Å²) in [6.07, 6.45) is -0.695. The van der Waals surface area contributed by atoms with E-state index in [4.69, 9.17) is 26.4 Å². The average Bonchev–Trinajstić information content (AvgIpc) is 3.33. The number of sulfonamides is 1. The summed E-state index contributed by atoms with van der Waals surface area (Å²) in [5.41, 5.74) is -0.294. The highest BCUT2D eigenvalue weighted by Gasteiger charge is 2.22. The highest BCUT2D eigenvalue weighted by molar-refractivity contribution is 7.92. The molecule has 0 amide bonds. The van der Waals surface area contributed by atoms with E-state index in [-0.39, 0.29) is 15.5 Å². The number of thiophene rings is 1. The molecule has 3 aromatic rings. The molecule has 0 saturated carbocycles. The van der Waals surface area contributed by atoms with Crippen LogP contribution < -0.4 is 23.8 Å². The van der Waals surface area contributed by atoms with Crippen LogP contribution in [0, 0.1) is 35.1 Å². The van der Waals surface area contributed by atoms with E-state index in [1.165, 1.54) is 6.07 Å². The zero-order valence-electron chi connectivity index (χ0n) is 20.4. The lowest BCUT2D eigenvalue weighted by atomic mass is 10.2. The topological polar surface area (TPSA) is 161 Å². The van der Waals surface area contributed by atoms with Gasteiger partial charge in [-0.25, -0.2) is 24.1 Å². The molecule has 2 N–H and O–H groups in total. The van der Waals surface area contributed by atoms with Crippen LogP contribution in [0.5, 0.6) is 11.5 Å². The van der Waals surface area contributed by atoms with Crippen LogP contribution >= 0.6 is 18.9 Å². The molecule has 39 heavy (non-hydrogen) atoms. The van der Waals surface area contributed by atoms with Gasteiger partial charge in [0.2, 0.25) is 0 Å². The molecular formula is C24H23FN5O6PS2. The predicted octanol–water partition coefficient (Wildman–Crippen LogP) is 1.88. The Balaban J connectivity index is 1.62. The fraction of sp³-hybridized carbons (Fsp3) is 0.292. The van der Waals surface area contributed by atoms with Gasteiger partial charge in [-0.2, -0.15) is 10.5 Å². The summed E-state index contributed by atoms with van der Waals surface area (Å²) in [6.45, 7) is 9.44. The third-order valence-electron chi connectivity index (χ3n) is 5.38. The summed E-state index contributed by atoms with van der Waals surface area (Å²) in [7, 11) is -9.01. The normalized spacial score (nSPS) is 13.5. The minimum Gasteiger partial charge on any atom is -0.768 e. The van der Waals surface area contributed by atoms with Gasteiger partial charge in [0, 0.05) is 10.8 Å². The average molecular weight is 592 g/mol. The summed E-state index contributed by atoms with van der Waals surface area (Å²) in [6, 6.07) is 13.0. The van der Waals surface area contributed by atoms with Crippen LogP contribution in [0.25, 0.3) is 14.9 Å². The van der Waals surface area contributed by atoms with Crippen molar-refractivity contribution in [3.63, 3.8) is 0 Å². The van der Waals surface area contributed by atoms with E-state index < -0.39 is 29.7 Å². The lowest BCUT2D eigenvalue weighted by molar-refractivity contribution is -0.897. The molecule has 11 nitrogen and oxygen atoms in total. The first-order valence-corrected chi connectivity index (χ1v) is 15.5. The van der Waals surface area contributed by atoms with E-state index in [1.54, 1.807) is 24.3 Å². The second-order valence-electron chi connectivity index (χ2n) is 8.16. The van der Waals surface area contributed by atoms with E-state index in [1.807, 2.05) is 4.72 Å². The molecule has 2 atom stereocenters. The highest BCUT2D eigenvalue weighted by Crippen LogP contribution is 2.38. The second-order valence-corrected chi connectivity index (χ2v) is 13.0. The molecule has 1 heterocycles. The lowest BCUT2D eigenvalue weighted by Gasteiger charge is -2.24. The van der Waals surface area contributed by atoms with E-state index in [0.29, 0.717) is 55.0 Å². The van der Waals surface area contributed by atoms with Crippen molar-refractivity contribution >= 4 is 39.0 Å². The van der Waals surface area contributed by atoms with E-state index in [9.17, 15) is 22.3 Å². The van der Waals surface area contributed by atoms with Gasteiger partial charge in [0.05, 0.1) is 30.9 Å². The molecule has 204 valence electrons. The van der Waals surface area contributed by atoms with Crippen LogP contribution in [0.1, 0.15) is 12.0 Å². The molecule has 2 aromatic carbocycles. The molecule has 0 aliphatic rings. The van der Waals surface area contributed by atoms with Gasteiger partial charge < -0.3 is 23.9 Å². The molecule has 1 aromatic heterocycles. The maximum absolute atomic E-state index is 13.7. The standard InChI is InChI=1S/C24H23FN5O6PS2/c1-28-8-10-30(9-2-7-26)11-12-35-20-5-6-23-19(13-20)14-24(38-23)39(33,34)29-17-37(31,32)36-21-4-3-18(16-27)22(25)15-21/h3-6,13-15,29H,2,8-12,17H2,(H,31,32). The van der Waals surface area contributed by atoms with Crippen molar-refractivity contribution in [2.75, 3.05) is 39.1 Å². The molecule has 3 rings (SSSR count).